The van der Waals surface area contributed by atoms with Crippen LogP contribution in [0.25, 0.3) is 11.0 Å². The average molecular weight is 354 g/mol. The third-order valence-electron chi connectivity index (χ3n) is 4.89. The van der Waals surface area contributed by atoms with Gasteiger partial charge < -0.3 is 9.80 Å². The van der Waals surface area contributed by atoms with Crippen molar-refractivity contribution in [1.29, 1.82) is 0 Å². The van der Waals surface area contributed by atoms with Crippen LogP contribution in [0.15, 0.2) is 42.6 Å². The molecule has 6 heteroatoms. The van der Waals surface area contributed by atoms with E-state index in [1.807, 2.05) is 37.2 Å². The fourth-order valence-electron chi connectivity index (χ4n) is 3.66. The van der Waals surface area contributed by atoms with E-state index in [-0.39, 0.29) is 11.9 Å². The number of hydrogen-bond acceptors (Lipinski definition) is 4. The van der Waals surface area contributed by atoms with E-state index < -0.39 is 5.82 Å². The molecule has 134 valence electrons. The second-order valence-electron chi connectivity index (χ2n) is 6.78. The van der Waals surface area contributed by atoms with E-state index in [4.69, 9.17) is 4.98 Å². The lowest BCUT2D eigenvalue weighted by atomic mass is 10.0. The highest BCUT2D eigenvalue weighted by Crippen LogP contribution is 2.37. The van der Waals surface area contributed by atoms with E-state index in [0.717, 1.165) is 48.0 Å². The van der Waals surface area contributed by atoms with E-state index in [2.05, 4.69) is 9.88 Å². The molecule has 0 bridgehead atoms. The maximum absolute atomic E-state index is 14.3. The van der Waals surface area contributed by atoms with Crippen molar-refractivity contribution in [2.45, 2.75) is 18.9 Å². The Kier molecular flexibility index (Phi) is 4.18. The van der Waals surface area contributed by atoms with Crippen LogP contribution in [0.1, 0.15) is 24.4 Å². The number of aromatic nitrogens is 2. The molecule has 0 N–H and O–H groups in total. The van der Waals surface area contributed by atoms with Crippen molar-refractivity contribution in [3.05, 3.63) is 59.8 Å². The van der Waals surface area contributed by atoms with Gasteiger partial charge in [-0.2, -0.15) is 0 Å². The molecular formula is C20H20F2N4. The lowest BCUT2D eigenvalue weighted by molar-refractivity contribution is 0.560. The van der Waals surface area contributed by atoms with Gasteiger partial charge in [0.25, 0.3) is 0 Å². The lowest BCUT2D eigenvalue weighted by Gasteiger charge is -2.27. The molecular weight excluding hydrogens is 334 g/mol. The molecule has 4 nitrogen and oxygen atoms in total. The first-order chi connectivity index (χ1) is 12.5. The second kappa shape index (κ2) is 6.52. The van der Waals surface area contributed by atoms with Crippen LogP contribution < -0.4 is 9.80 Å². The molecule has 1 aliphatic rings. The van der Waals surface area contributed by atoms with Gasteiger partial charge in [-0.25, -0.2) is 13.8 Å². The van der Waals surface area contributed by atoms with Gasteiger partial charge in [0.1, 0.15) is 23.0 Å². The first kappa shape index (κ1) is 16.7. The maximum Gasteiger partial charge on any atom is 0.129 e. The molecule has 0 radical (unpaired) electrons. The highest BCUT2D eigenvalue weighted by Gasteiger charge is 2.29. The van der Waals surface area contributed by atoms with Crippen LogP contribution in [-0.4, -0.2) is 30.6 Å². The molecule has 26 heavy (non-hydrogen) atoms. The van der Waals surface area contributed by atoms with E-state index in [1.54, 1.807) is 6.20 Å². The molecule has 0 spiro atoms. The van der Waals surface area contributed by atoms with Gasteiger partial charge in [0.15, 0.2) is 0 Å². The smallest absolute Gasteiger partial charge is 0.129 e. The van der Waals surface area contributed by atoms with Crippen LogP contribution in [0, 0.1) is 11.6 Å². The van der Waals surface area contributed by atoms with Crippen molar-refractivity contribution in [2.24, 2.45) is 0 Å². The Bertz CT molecular complexity index is 958. The first-order valence-electron chi connectivity index (χ1n) is 8.69. The fraction of sp³-hybridized carbons (Fsp3) is 0.300. The molecule has 3 aromatic rings. The van der Waals surface area contributed by atoms with Crippen LogP contribution in [0.2, 0.25) is 0 Å². The Balaban J connectivity index is 1.78. The van der Waals surface area contributed by atoms with Gasteiger partial charge in [-0.15, -0.1) is 0 Å². The lowest BCUT2D eigenvalue weighted by Crippen LogP contribution is -2.24. The van der Waals surface area contributed by atoms with Crippen LogP contribution in [-0.2, 0) is 0 Å². The zero-order chi connectivity index (χ0) is 18.3. The summed E-state index contributed by atoms with van der Waals surface area (Å²) in [6, 6.07) is 9.20. The van der Waals surface area contributed by atoms with Crippen LogP contribution in [0.5, 0.6) is 0 Å². The molecule has 1 fully saturated rings. The molecule has 0 saturated carbocycles. The Morgan fingerprint density at radius 1 is 1.12 bits per heavy atom. The van der Waals surface area contributed by atoms with E-state index in [9.17, 15) is 8.78 Å². The van der Waals surface area contributed by atoms with Gasteiger partial charge in [-0.1, -0.05) is 0 Å². The van der Waals surface area contributed by atoms with Gasteiger partial charge in [-0.05, 0) is 49.2 Å². The quantitative estimate of drug-likeness (QED) is 0.701. The molecule has 1 saturated heterocycles. The van der Waals surface area contributed by atoms with Crippen LogP contribution >= 0.6 is 0 Å². The van der Waals surface area contributed by atoms with Crippen molar-refractivity contribution in [3.63, 3.8) is 0 Å². The second-order valence-corrected chi connectivity index (χ2v) is 6.78. The minimum atomic E-state index is -0.418. The summed E-state index contributed by atoms with van der Waals surface area (Å²) in [5.41, 5.74) is 2.99. The predicted octanol–water partition coefficient (Wildman–Crippen LogP) is 4.32. The number of fused-ring (bicyclic) bond motifs is 1. The van der Waals surface area contributed by atoms with Crippen LogP contribution in [0.4, 0.5) is 20.3 Å². The largest absolute Gasteiger partial charge is 0.376 e. The van der Waals surface area contributed by atoms with Gasteiger partial charge in [0.2, 0.25) is 0 Å². The maximum atomic E-state index is 14.3. The fourth-order valence-corrected chi connectivity index (χ4v) is 3.66. The van der Waals surface area contributed by atoms with Crippen LogP contribution in [0.3, 0.4) is 0 Å². The summed E-state index contributed by atoms with van der Waals surface area (Å²) in [6.45, 7) is 0.761. The molecule has 1 aliphatic heterocycles. The Morgan fingerprint density at radius 2 is 1.96 bits per heavy atom. The molecule has 2 aromatic heterocycles. The summed E-state index contributed by atoms with van der Waals surface area (Å²) >= 11 is 0. The van der Waals surface area contributed by atoms with Crippen molar-refractivity contribution < 1.29 is 8.78 Å². The molecule has 1 atom stereocenters. The first-order valence-corrected chi connectivity index (χ1v) is 8.69. The minimum Gasteiger partial charge on any atom is -0.376 e. The minimum absolute atomic E-state index is 0.213. The molecule has 3 heterocycles. The Morgan fingerprint density at radius 3 is 2.77 bits per heavy atom. The zero-order valence-electron chi connectivity index (χ0n) is 14.8. The van der Waals surface area contributed by atoms with Gasteiger partial charge in [-0.3, -0.25) is 4.98 Å². The number of benzene rings is 1. The van der Waals surface area contributed by atoms with Crippen molar-refractivity contribution in [3.8, 4) is 0 Å². The van der Waals surface area contributed by atoms with Gasteiger partial charge in [0.05, 0.1) is 17.2 Å². The topological polar surface area (TPSA) is 32.3 Å². The SMILES string of the molecule is CN(C)c1ccnc2ccc(N3CCCC3c3cc(F)ccc3F)nc12. The summed E-state index contributed by atoms with van der Waals surface area (Å²) in [4.78, 5) is 13.2. The van der Waals surface area contributed by atoms with Gasteiger partial charge in [0, 0.05) is 32.4 Å². The molecule has 4 rings (SSSR count). The molecule has 1 unspecified atom stereocenters. The van der Waals surface area contributed by atoms with Crippen molar-refractivity contribution >= 4 is 22.5 Å². The van der Waals surface area contributed by atoms with Gasteiger partial charge >= 0.3 is 0 Å². The standard InChI is InChI=1S/C20H20F2N4/c1-25(2)18-9-10-23-16-7-8-19(24-20(16)18)26-11-3-4-17(26)14-12-13(21)5-6-15(14)22/h5-10,12,17H,3-4,11H2,1-2H3. The normalized spacial score (nSPS) is 17.1. The summed E-state index contributed by atoms with van der Waals surface area (Å²) in [5.74, 6) is -0.0293. The average Bonchev–Trinajstić information content (AvgIpc) is 3.12. The summed E-state index contributed by atoms with van der Waals surface area (Å²) in [5, 5.41) is 0. The number of halogens is 2. The molecule has 0 aliphatic carbocycles. The Labute approximate surface area is 151 Å². The van der Waals surface area contributed by atoms with E-state index in [1.165, 1.54) is 12.1 Å². The van der Waals surface area contributed by atoms with E-state index >= 15 is 0 Å². The third-order valence-corrected chi connectivity index (χ3v) is 4.89. The number of pyridine rings is 2. The number of anilines is 2. The third kappa shape index (κ3) is 2.85. The Hall–Kier alpha value is -2.76. The van der Waals surface area contributed by atoms with Crippen molar-refractivity contribution in [2.75, 3.05) is 30.4 Å². The summed E-state index contributed by atoms with van der Waals surface area (Å²) in [7, 11) is 3.92. The van der Waals surface area contributed by atoms with E-state index in [0.29, 0.717) is 5.56 Å². The summed E-state index contributed by atoms with van der Waals surface area (Å²) in [6.07, 6.45) is 3.45. The van der Waals surface area contributed by atoms with Crippen molar-refractivity contribution in [1.82, 2.24) is 9.97 Å². The monoisotopic (exact) mass is 354 g/mol. The number of rotatable bonds is 3. The number of hydrogen-bond donors (Lipinski definition) is 0. The predicted molar refractivity (Wildman–Crippen MR) is 99.5 cm³/mol. The molecule has 1 aromatic carbocycles. The molecule has 0 amide bonds. The number of nitrogens with zero attached hydrogens (tertiary/aromatic N) is 4. The highest BCUT2D eigenvalue weighted by molar-refractivity contribution is 5.88. The summed E-state index contributed by atoms with van der Waals surface area (Å²) < 4.78 is 28.0. The highest BCUT2D eigenvalue weighted by atomic mass is 19.1. The zero-order valence-corrected chi connectivity index (χ0v) is 14.8.